The van der Waals surface area contributed by atoms with Gasteiger partial charge in [0.15, 0.2) is 0 Å². The SMILES string of the molecule is CCCCCCCCCCCCCCCCCCCCCC(=O)OC(CCCCCCCCCCCCCCCC)CC(=O)NC(CO)C(O)CCCCCCCCCCCCCCCCCC. The molecule has 0 aromatic carbocycles. The van der Waals surface area contributed by atoms with E-state index in [1.165, 1.54) is 276 Å². The lowest BCUT2D eigenvalue weighted by Crippen LogP contribution is -2.46. The van der Waals surface area contributed by atoms with Crippen LogP contribution in [-0.2, 0) is 14.3 Å². The number of aliphatic hydroxyl groups excluding tert-OH is 2. The van der Waals surface area contributed by atoms with Crippen LogP contribution in [0.2, 0.25) is 0 Å². The molecule has 0 aliphatic heterocycles. The van der Waals surface area contributed by atoms with Crippen molar-refractivity contribution >= 4 is 11.9 Å². The molecule has 3 atom stereocenters. The summed E-state index contributed by atoms with van der Waals surface area (Å²) in [6.45, 7) is 6.55. The minimum Gasteiger partial charge on any atom is -0.462 e. The summed E-state index contributed by atoms with van der Waals surface area (Å²) in [5, 5.41) is 24.0. The van der Waals surface area contributed by atoms with Crippen LogP contribution < -0.4 is 5.32 Å². The summed E-state index contributed by atoms with van der Waals surface area (Å²) >= 11 is 0. The number of rotatable bonds is 58. The Balaban J connectivity index is 4.43. The van der Waals surface area contributed by atoms with Crippen LogP contribution in [0, 0.1) is 0 Å². The summed E-state index contributed by atoms with van der Waals surface area (Å²) < 4.78 is 5.99. The van der Waals surface area contributed by atoms with Crippen LogP contribution in [0.15, 0.2) is 0 Å². The highest BCUT2D eigenvalue weighted by Crippen LogP contribution is 2.20. The molecule has 0 aliphatic carbocycles. The summed E-state index contributed by atoms with van der Waals surface area (Å²) in [6, 6.07) is -0.694. The van der Waals surface area contributed by atoms with E-state index in [2.05, 4.69) is 26.1 Å². The minimum absolute atomic E-state index is 0.0889. The second-order valence-corrected chi connectivity index (χ2v) is 21.8. The van der Waals surface area contributed by atoms with Crippen molar-refractivity contribution in [1.29, 1.82) is 0 Å². The predicted molar refractivity (Wildman–Crippen MR) is 297 cm³/mol. The summed E-state index contributed by atoms with van der Waals surface area (Å²) in [5.41, 5.74) is 0. The number of hydrogen-bond acceptors (Lipinski definition) is 5. The number of ether oxygens (including phenoxy) is 1. The highest BCUT2D eigenvalue weighted by atomic mass is 16.5. The number of aliphatic hydroxyl groups is 2. The number of carbonyl (C=O) groups is 2. The van der Waals surface area contributed by atoms with Gasteiger partial charge in [-0.15, -0.1) is 0 Å². The van der Waals surface area contributed by atoms with E-state index >= 15 is 0 Å². The lowest BCUT2D eigenvalue weighted by Gasteiger charge is -2.24. The van der Waals surface area contributed by atoms with Gasteiger partial charge in [0.05, 0.1) is 25.2 Å². The van der Waals surface area contributed by atoms with Gasteiger partial charge >= 0.3 is 5.97 Å². The average Bonchev–Trinajstić information content (AvgIpc) is 3.33. The van der Waals surface area contributed by atoms with Gasteiger partial charge in [-0.05, 0) is 25.7 Å². The van der Waals surface area contributed by atoms with Gasteiger partial charge in [-0.2, -0.15) is 0 Å². The molecule has 3 N–H and O–H groups in total. The number of hydrogen-bond donors (Lipinski definition) is 3. The zero-order chi connectivity index (χ0) is 49.5. The van der Waals surface area contributed by atoms with Crippen molar-refractivity contribution in [2.45, 2.75) is 379 Å². The van der Waals surface area contributed by atoms with E-state index in [1.54, 1.807) is 0 Å². The van der Waals surface area contributed by atoms with Crippen molar-refractivity contribution in [2.75, 3.05) is 6.61 Å². The third-order valence-corrected chi connectivity index (χ3v) is 14.9. The molecule has 6 heteroatoms. The molecule has 0 aliphatic rings. The fourth-order valence-electron chi connectivity index (χ4n) is 10.2. The lowest BCUT2D eigenvalue weighted by molar-refractivity contribution is -0.151. The van der Waals surface area contributed by atoms with E-state index < -0.39 is 18.2 Å². The number of amides is 1. The third-order valence-electron chi connectivity index (χ3n) is 14.9. The topological polar surface area (TPSA) is 95.9 Å². The molecule has 0 fully saturated rings. The molecule has 406 valence electrons. The Bertz CT molecular complexity index is 990. The van der Waals surface area contributed by atoms with E-state index in [4.69, 9.17) is 4.74 Å². The number of nitrogens with one attached hydrogen (secondary N) is 1. The van der Waals surface area contributed by atoms with Crippen LogP contribution in [0.4, 0.5) is 0 Å². The summed E-state index contributed by atoms with van der Waals surface area (Å²) in [5.74, 6) is -0.441. The van der Waals surface area contributed by atoms with E-state index in [9.17, 15) is 19.8 Å². The third kappa shape index (κ3) is 51.2. The van der Waals surface area contributed by atoms with Crippen LogP contribution in [0.25, 0.3) is 0 Å². The molecule has 68 heavy (non-hydrogen) atoms. The Morgan fingerprint density at radius 3 is 0.897 bits per heavy atom. The molecule has 0 spiro atoms. The van der Waals surface area contributed by atoms with Crippen molar-refractivity contribution in [3.8, 4) is 0 Å². The Morgan fingerprint density at radius 1 is 0.368 bits per heavy atom. The van der Waals surface area contributed by atoms with Crippen LogP contribution in [-0.4, -0.2) is 46.9 Å². The van der Waals surface area contributed by atoms with Gasteiger partial charge in [0.1, 0.15) is 6.10 Å². The van der Waals surface area contributed by atoms with E-state index in [0.717, 1.165) is 38.5 Å². The maximum Gasteiger partial charge on any atom is 0.306 e. The molecule has 0 radical (unpaired) electrons. The van der Waals surface area contributed by atoms with Crippen molar-refractivity contribution in [3.05, 3.63) is 0 Å². The second kappa shape index (κ2) is 56.8. The van der Waals surface area contributed by atoms with Crippen LogP contribution in [0.5, 0.6) is 0 Å². The predicted octanol–water partition coefficient (Wildman–Crippen LogP) is 19.5. The van der Waals surface area contributed by atoms with E-state index in [-0.39, 0.29) is 24.9 Å². The van der Waals surface area contributed by atoms with Crippen molar-refractivity contribution in [3.63, 3.8) is 0 Å². The Morgan fingerprint density at radius 2 is 0.618 bits per heavy atom. The summed E-state index contributed by atoms with van der Waals surface area (Å²) in [7, 11) is 0. The fourth-order valence-corrected chi connectivity index (χ4v) is 10.2. The molecule has 0 saturated carbocycles. The van der Waals surface area contributed by atoms with Crippen molar-refractivity contribution in [2.24, 2.45) is 0 Å². The average molecular weight is 963 g/mol. The maximum absolute atomic E-state index is 13.3. The largest absolute Gasteiger partial charge is 0.462 e. The second-order valence-electron chi connectivity index (χ2n) is 21.8. The smallest absolute Gasteiger partial charge is 0.306 e. The maximum atomic E-state index is 13.3. The zero-order valence-corrected chi connectivity index (χ0v) is 46.5. The lowest BCUT2D eigenvalue weighted by atomic mass is 10.0. The minimum atomic E-state index is -0.781. The molecule has 6 nitrogen and oxygen atoms in total. The molecule has 0 aromatic rings. The first-order valence-electron chi connectivity index (χ1n) is 31.3. The van der Waals surface area contributed by atoms with Gasteiger partial charge < -0.3 is 20.3 Å². The van der Waals surface area contributed by atoms with Crippen molar-refractivity contribution in [1.82, 2.24) is 5.32 Å². The summed E-state index contributed by atoms with van der Waals surface area (Å²) in [4.78, 5) is 26.3. The molecule has 1 amide bonds. The molecule has 0 rings (SSSR count). The standard InChI is InChI=1S/C62H123NO5/c1-4-7-10-13-16-19-22-25-28-30-31-32-34-37-40-43-46-49-52-55-62(67)68-58(53-50-47-44-41-38-35-27-24-21-18-15-12-9-6-3)56-61(66)63-59(57-64)60(65)54-51-48-45-42-39-36-33-29-26-23-20-17-14-11-8-5-2/h58-60,64-65H,4-57H2,1-3H3,(H,63,66). The Kier molecular flexibility index (Phi) is 55.8. The molecular weight excluding hydrogens is 839 g/mol. The fraction of sp³-hybridized carbons (Fsp3) is 0.968. The number of esters is 1. The molecule has 0 saturated heterocycles. The van der Waals surface area contributed by atoms with E-state index in [0.29, 0.717) is 19.3 Å². The van der Waals surface area contributed by atoms with Gasteiger partial charge in [0, 0.05) is 6.42 Å². The van der Waals surface area contributed by atoms with Crippen LogP contribution in [0.1, 0.15) is 361 Å². The monoisotopic (exact) mass is 962 g/mol. The number of unbranched alkanes of at least 4 members (excludes halogenated alkanes) is 46. The molecule has 3 unspecified atom stereocenters. The Labute approximate surface area is 426 Å². The van der Waals surface area contributed by atoms with Gasteiger partial charge in [0.2, 0.25) is 5.91 Å². The molecule has 0 bridgehead atoms. The normalized spacial score (nSPS) is 13.0. The Hall–Kier alpha value is -1.14. The van der Waals surface area contributed by atoms with Gasteiger partial charge in [-0.25, -0.2) is 0 Å². The first-order valence-corrected chi connectivity index (χ1v) is 31.3. The van der Waals surface area contributed by atoms with Gasteiger partial charge in [0.25, 0.3) is 0 Å². The molecule has 0 heterocycles. The zero-order valence-electron chi connectivity index (χ0n) is 46.5. The van der Waals surface area contributed by atoms with E-state index in [1.807, 2.05) is 0 Å². The quantitative estimate of drug-likeness (QED) is 0.0417. The van der Waals surface area contributed by atoms with Gasteiger partial charge in [-0.1, -0.05) is 323 Å². The molecule has 0 aromatic heterocycles. The van der Waals surface area contributed by atoms with Gasteiger partial charge in [-0.3, -0.25) is 9.59 Å². The molecular formula is C62H123NO5. The number of carbonyl (C=O) groups excluding carboxylic acids is 2. The van der Waals surface area contributed by atoms with Crippen LogP contribution in [0.3, 0.4) is 0 Å². The van der Waals surface area contributed by atoms with Crippen LogP contribution >= 0.6 is 0 Å². The highest BCUT2D eigenvalue weighted by molar-refractivity contribution is 5.77. The first-order chi connectivity index (χ1) is 33.5. The first kappa shape index (κ1) is 66.9. The highest BCUT2D eigenvalue weighted by Gasteiger charge is 2.24. The van der Waals surface area contributed by atoms with Crippen molar-refractivity contribution < 1.29 is 24.5 Å². The summed E-state index contributed by atoms with van der Waals surface area (Å²) in [6.07, 6.45) is 64.6.